The normalized spacial score (nSPS) is 19.2. The molecule has 0 saturated heterocycles. The zero-order chi connectivity index (χ0) is 21.9. The summed E-state index contributed by atoms with van der Waals surface area (Å²) in [5.74, 6) is 1.15. The maximum atomic E-state index is 12.6. The van der Waals surface area contributed by atoms with Crippen molar-refractivity contribution in [2.24, 2.45) is 5.92 Å². The number of carbonyl (C=O) groups excluding carboxylic acids is 2. The fourth-order valence-corrected chi connectivity index (χ4v) is 3.94. The highest BCUT2D eigenvalue weighted by atomic mass is 16.2. The van der Waals surface area contributed by atoms with Crippen LogP contribution in [0.25, 0.3) is 0 Å². The number of benzene rings is 3. The fourth-order valence-electron chi connectivity index (χ4n) is 3.94. The van der Waals surface area contributed by atoms with E-state index in [1.54, 1.807) is 36.4 Å². The summed E-state index contributed by atoms with van der Waals surface area (Å²) in [5, 5.41) is 9.46. The lowest BCUT2D eigenvalue weighted by Gasteiger charge is -2.09. The molecule has 0 aromatic heterocycles. The van der Waals surface area contributed by atoms with E-state index in [-0.39, 0.29) is 11.8 Å². The summed E-state index contributed by atoms with van der Waals surface area (Å²) < 4.78 is 0. The van der Waals surface area contributed by atoms with Crippen LogP contribution >= 0.6 is 0 Å². The highest BCUT2D eigenvalue weighted by Crippen LogP contribution is 2.41. The summed E-state index contributed by atoms with van der Waals surface area (Å²) in [4.78, 5) is 24.8. The van der Waals surface area contributed by atoms with Gasteiger partial charge in [-0.05, 0) is 85.8 Å². The average molecular weight is 426 g/mol. The number of anilines is 2. The molecule has 2 amide bonds. The molecule has 32 heavy (non-hydrogen) atoms. The van der Waals surface area contributed by atoms with E-state index in [9.17, 15) is 9.59 Å². The Morgan fingerprint density at radius 3 is 1.88 bits per heavy atom. The molecule has 5 rings (SSSR count). The second-order valence-electron chi connectivity index (χ2n) is 8.77. The van der Waals surface area contributed by atoms with Crippen LogP contribution in [0.3, 0.4) is 0 Å². The first-order valence-corrected chi connectivity index (χ1v) is 11.3. The molecule has 3 aromatic rings. The topological polar surface area (TPSA) is 70.2 Å². The highest BCUT2D eigenvalue weighted by Gasteiger charge is 2.38. The van der Waals surface area contributed by atoms with Crippen LogP contribution in [0.15, 0.2) is 78.9 Å². The lowest BCUT2D eigenvalue weighted by molar-refractivity contribution is 0.102. The lowest BCUT2D eigenvalue weighted by atomic mass is 10.1. The second kappa shape index (κ2) is 8.97. The van der Waals surface area contributed by atoms with Gasteiger partial charge < -0.3 is 16.0 Å². The maximum absolute atomic E-state index is 12.6. The molecule has 5 nitrogen and oxygen atoms in total. The van der Waals surface area contributed by atoms with Crippen LogP contribution in [0.2, 0.25) is 0 Å². The Labute approximate surface area is 188 Å². The molecular weight excluding hydrogens is 398 g/mol. The minimum atomic E-state index is -0.177. The second-order valence-corrected chi connectivity index (χ2v) is 8.77. The maximum Gasteiger partial charge on any atom is 0.255 e. The van der Waals surface area contributed by atoms with Gasteiger partial charge in [0.25, 0.3) is 11.8 Å². The number of hydrogen-bond acceptors (Lipinski definition) is 3. The van der Waals surface area contributed by atoms with E-state index in [1.807, 2.05) is 30.3 Å². The Hall–Kier alpha value is -3.44. The van der Waals surface area contributed by atoms with Crippen molar-refractivity contribution in [3.8, 4) is 0 Å². The third-order valence-corrected chi connectivity index (χ3v) is 6.19. The summed E-state index contributed by atoms with van der Waals surface area (Å²) in [6, 6.07) is 24.7. The molecule has 162 valence electrons. The quantitative estimate of drug-likeness (QED) is 0.473. The minimum absolute atomic E-state index is 0.172. The standard InChI is InChI=1S/C27H27N3O2/c31-26(20-4-2-1-3-5-20)29-23-14-10-21(11-15-23)27(32)30-22-12-8-19(9-13-22)24-16-25(24)28-17-18-6-7-18/h1-5,8-15,18,24-25,28H,6-7,16-17H2,(H,29,31)(H,30,32). The van der Waals surface area contributed by atoms with Gasteiger partial charge in [0, 0.05) is 34.5 Å². The molecular formula is C27H27N3O2. The highest BCUT2D eigenvalue weighted by molar-refractivity contribution is 6.06. The van der Waals surface area contributed by atoms with Gasteiger partial charge in [0.2, 0.25) is 0 Å². The van der Waals surface area contributed by atoms with Gasteiger partial charge in [0.1, 0.15) is 0 Å². The first-order valence-electron chi connectivity index (χ1n) is 11.3. The Morgan fingerprint density at radius 2 is 1.28 bits per heavy atom. The molecule has 0 radical (unpaired) electrons. The predicted octanol–water partition coefficient (Wildman–Crippen LogP) is 5.05. The molecule has 2 saturated carbocycles. The molecule has 0 aliphatic heterocycles. The van der Waals surface area contributed by atoms with Crippen LogP contribution in [-0.2, 0) is 0 Å². The Balaban J connectivity index is 1.13. The SMILES string of the molecule is O=C(Nc1ccc(C(=O)Nc2ccc(C3CC3NCC3CC3)cc2)cc1)c1ccccc1. The third kappa shape index (κ3) is 5.06. The molecule has 3 aromatic carbocycles. The predicted molar refractivity (Wildman–Crippen MR) is 127 cm³/mol. The Bertz CT molecular complexity index is 1090. The van der Waals surface area contributed by atoms with E-state index in [0.717, 1.165) is 18.2 Å². The van der Waals surface area contributed by atoms with E-state index in [4.69, 9.17) is 0 Å². The molecule has 2 atom stereocenters. The summed E-state index contributed by atoms with van der Waals surface area (Å²) in [7, 11) is 0. The summed E-state index contributed by atoms with van der Waals surface area (Å²) in [5.41, 5.74) is 3.89. The number of carbonyl (C=O) groups is 2. The molecule has 3 N–H and O–H groups in total. The Kier molecular flexibility index (Phi) is 5.73. The number of hydrogen-bond donors (Lipinski definition) is 3. The van der Waals surface area contributed by atoms with Crippen LogP contribution in [0.1, 0.15) is 51.5 Å². The zero-order valence-electron chi connectivity index (χ0n) is 17.9. The van der Waals surface area contributed by atoms with Crippen molar-refractivity contribution < 1.29 is 9.59 Å². The van der Waals surface area contributed by atoms with E-state index >= 15 is 0 Å². The van der Waals surface area contributed by atoms with Crippen molar-refractivity contribution in [2.45, 2.75) is 31.2 Å². The molecule has 2 unspecified atom stereocenters. The van der Waals surface area contributed by atoms with Crippen molar-refractivity contribution in [3.05, 3.63) is 95.6 Å². The zero-order valence-corrected chi connectivity index (χ0v) is 17.9. The van der Waals surface area contributed by atoms with E-state index < -0.39 is 0 Å². The van der Waals surface area contributed by atoms with Gasteiger partial charge in [-0.15, -0.1) is 0 Å². The Morgan fingerprint density at radius 1 is 0.719 bits per heavy atom. The van der Waals surface area contributed by atoms with Gasteiger partial charge in [-0.2, -0.15) is 0 Å². The van der Waals surface area contributed by atoms with Crippen LogP contribution in [0, 0.1) is 5.92 Å². The van der Waals surface area contributed by atoms with Gasteiger partial charge in [-0.1, -0.05) is 30.3 Å². The first-order chi connectivity index (χ1) is 15.7. The number of rotatable bonds is 8. The van der Waals surface area contributed by atoms with Crippen molar-refractivity contribution in [2.75, 3.05) is 17.2 Å². The van der Waals surface area contributed by atoms with Crippen molar-refractivity contribution >= 4 is 23.2 Å². The van der Waals surface area contributed by atoms with Crippen LogP contribution in [-0.4, -0.2) is 24.4 Å². The fraction of sp³-hybridized carbons (Fsp3) is 0.259. The van der Waals surface area contributed by atoms with Crippen molar-refractivity contribution in [1.82, 2.24) is 5.32 Å². The van der Waals surface area contributed by atoms with Gasteiger partial charge >= 0.3 is 0 Å². The monoisotopic (exact) mass is 425 g/mol. The summed E-state index contributed by atoms with van der Waals surface area (Å²) in [6.45, 7) is 1.16. The van der Waals surface area contributed by atoms with E-state index in [2.05, 4.69) is 28.1 Å². The first kappa shape index (κ1) is 20.5. The molecule has 0 bridgehead atoms. The van der Waals surface area contributed by atoms with Crippen LogP contribution in [0.5, 0.6) is 0 Å². The molecule has 0 heterocycles. The van der Waals surface area contributed by atoms with Crippen molar-refractivity contribution in [1.29, 1.82) is 0 Å². The van der Waals surface area contributed by atoms with Gasteiger partial charge in [0.15, 0.2) is 0 Å². The summed E-state index contributed by atoms with van der Waals surface area (Å²) in [6.07, 6.45) is 3.96. The molecule has 2 fully saturated rings. The number of nitrogens with one attached hydrogen (secondary N) is 3. The van der Waals surface area contributed by atoms with Crippen molar-refractivity contribution in [3.63, 3.8) is 0 Å². The lowest BCUT2D eigenvalue weighted by Crippen LogP contribution is -2.20. The van der Waals surface area contributed by atoms with Crippen LogP contribution in [0.4, 0.5) is 11.4 Å². The van der Waals surface area contributed by atoms with Crippen LogP contribution < -0.4 is 16.0 Å². The smallest absolute Gasteiger partial charge is 0.255 e. The number of amides is 2. The molecule has 2 aliphatic carbocycles. The van der Waals surface area contributed by atoms with Gasteiger partial charge in [0.05, 0.1) is 0 Å². The minimum Gasteiger partial charge on any atom is -0.322 e. The van der Waals surface area contributed by atoms with E-state index in [0.29, 0.717) is 28.8 Å². The molecule has 0 spiro atoms. The average Bonchev–Trinajstić information content (AvgIpc) is 3.75. The molecule has 2 aliphatic rings. The van der Waals surface area contributed by atoms with E-state index in [1.165, 1.54) is 24.8 Å². The van der Waals surface area contributed by atoms with Gasteiger partial charge in [-0.25, -0.2) is 0 Å². The van der Waals surface area contributed by atoms with Gasteiger partial charge in [-0.3, -0.25) is 9.59 Å². The third-order valence-electron chi connectivity index (χ3n) is 6.19. The molecule has 5 heteroatoms. The largest absolute Gasteiger partial charge is 0.322 e. The summed E-state index contributed by atoms with van der Waals surface area (Å²) >= 11 is 0.